The smallest absolute Gasteiger partial charge is 0.119 e. The second-order valence-electron chi connectivity index (χ2n) is 39.9. The molecule has 120 heavy (non-hydrogen) atoms. The lowest BCUT2D eigenvalue weighted by Crippen LogP contribution is -2.59. The van der Waals surface area contributed by atoms with E-state index in [1.807, 2.05) is 48.5 Å². The molecule has 12 bridgehead atoms. The fourth-order valence-electron chi connectivity index (χ4n) is 29.2. The Morgan fingerprint density at radius 1 is 0.275 bits per heavy atom. The number of rotatable bonds is 6. The lowest BCUT2D eigenvalue weighted by molar-refractivity contribution is 0.00272. The third kappa shape index (κ3) is 14.1. The third-order valence-electron chi connectivity index (χ3n) is 35.3. The molecule has 18 aliphatic rings. The summed E-state index contributed by atoms with van der Waals surface area (Å²) in [4.78, 5) is 12.4. The molecule has 0 N–H and O–H groups in total. The lowest BCUT2D eigenvalue weighted by Gasteiger charge is -2.58. The van der Waals surface area contributed by atoms with Crippen LogP contribution >= 0.6 is 0 Å². The molecule has 12 aliphatic carbocycles. The lowest BCUT2D eigenvalue weighted by atomic mass is 9.52. The first-order chi connectivity index (χ1) is 66.5. The van der Waals surface area contributed by atoms with Crippen molar-refractivity contribution < 1.29 is 55.8 Å². The Balaban J connectivity index is 0.000000107. The average molecular weight is 1650 g/mol. The predicted molar refractivity (Wildman–Crippen MR) is 488 cm³/mol. The van der Waals surface area contributed by atoms with E-state index in [2.05, 4.69) is 59.9 Å². The molecule has 6 unspecified atom stereocenters. The highest BCUT2D eigenvalue weighted by atomic mass is 16.5. The van der Waals surface area contributed by atoms with Crippen molar-refractivity contribution in [2.45, 2.75) is 300 Å². The summed E-state index contributed by atoms with van der Waals surface area (Å²) in [6.45, 7) is 0.462. The van der Waals surface area contributed by atoms with Gasteiger partial charge in [0, 0.05) is 87.9 Å². The number of nitrogens with zero attached hydrogens (tertiary/aromatic N) is 6. The summed E-state index contributed by atoms with van der Waals surface area (Å²) in [7, 11) is 18.3. The molecule has 6 aromatic rings. The number of hydrogen-bond acceptors (Lipinski definition) is 12. The Kier molecular flexibility index (Phi) is 17.8. The summed E-state index contributed by atoms with van der Waals surface area (Å²) < 4.78 is 202. The van der Waals surface area contributed by atoms with E-state index >= 15 is 0 Å². The van der Waals surface area contributed by atoms with Crippen molar-refractivity contribution in [2.75, 3.05) is 124 Å². The van der Waals surface area contributed by atoms with Gasteiger partial charge in [-0.05, 0) is 410 Å². The number of hydrogen-bond donors (Lipinski definition) is 0. The second kappa shape index (κ2) is 34.0. The molecule has 12 heteroatoms. The highest BCUT2D eigenvalue weighted by Gasteiger charge is 2.60. The molecule has 0 amide bonds. The molecule has 0 spiro atoms. The van der Waals surface area contributed by atoms with E-state index in [1.165, 1.54) is 112 Å². The first-order valence-electron chi connectivity index (χ1n) is 56.9. The molecule has 12 nitrogen and oxygen atoms in total. The average Bonchev–Trinajstić information content (AvgIpc) is 0.681. The minimum atomic E-state index is -2.26. The molecule has 6 aliphatic heterocycles. The topological polar surface area (TPSA) is 74.8 Å². The molecule has 0 aromatic heterocycles. The zero-order chi connectivity index (χ0) is 99.8. The fourth-order valence-corrected chi connectivity index (χ4v) is 29.2. The van der Waals surface area contributed by atoms with E-state index in [-0.39, 0.29) is 80.6 Å². The number of likely N-dealkylation sites (tertiary alicyclic amines) is 6. The summed E-state index contributed by atoms with van der Waals surface area (Å²) in [6.07, 6.45) is 29.3. The van der Waals surface area contributed by atoms with Crippen molar-refractivity contribution in [3.63, 3.8) is 0 Å². The highest BCUT2D eigenvalue weighted by molar-refractivity contribution is 5.52. The van der Waals surface area contributed by atoms with Crippen LogP contribution in [0.25, 0.3) is 0 Å². The zero-order valence-electron chi connectivity index (χ0n) is 93.9. The van der Waals surface area contributed by atoms with Gasteiger partial charge in [-0.25, -0.2) is 0 Å². The molecule has 6 saturated carbocycles. The number of fused-ring (bicyclic) bond motifs is 6. The van der Waals surface area contributed by atoms with Crippen LogP contribution in [-0.4, -0.2) is 190 Å². The van der Waals surface area contributed by atoms with Crippen LogP contribution < -0.4 is 28.4 Å². The number of benzene rings is 6. The van der Waals surface area contributed by atoms with Crippen molar-refractivity contribution in [1.29, 1.82) is 0 Å². The van der Waals surface area contributed by atoms with Crippen molar-refractivity contribution in [3.8, 4) is 34.5 Å². The minimum absolute atomic E-state index is 0.0162. The molecule has 0 radical (unpaired) electrons. The molecule has 6 saturated heterocycles. The number of likely N-dealkylation sites (N-methyl/N-ethyl adjacent to an activating group) is 6. The largest absolute Gasteiger partial charge is 0.497 e. The van der Waals surface area contributed by atoms with E-state index in [9.17, 15) is 0 Å². The minimum Gasteiger partial charge on any atom is -0.497 e. The summed E-state index contributed by atoms with van der Waals surface area (Å²) in [5.41, 5.74) is 12.0. The van der Waals surface area contributed by atoms with Crippen molar-refractivity contribution in [2.24, 2.45) is 35.5 Å². The Morgan fingerprint density at radius 3 is 0.767 bits per heavy atom. The van der Waals surface area contributed by atoms with Crippen LogP contribution in [0.5, 0.6) is 34.5 Å². The van der Waals surface area contributed by atoms with Crippen LogP contribution in [0.3, 0.4) is 0 Å². The highest BCUT2D eigenvalue weighted by Crippen LogP contribution is 2.63. The van der Waals surface area contributed by atoms with Gasteiger partial charge in [0.15, 0.2) is 0 Å². The number of methoxy groups -OCH3 is 6. The van der Waals surface area contributed by atoms with Crippen LogP contribution in [0.15, 0.2) is 109 Å². The van der Waals surface area contributed by atoms with Crippen LogP contribution in [0, 0.1) is 35.5 Å². The Labute approximate surface area is 751 Å². The summed E-state index contributed by atoms with van der Waals surface area (Å²) in [5, 5.41) is 0. The quantitative estimate of drug-likeness (QED) is 0.159. The van der Waals surface area contributed by atoms with Crippen LogP contribution in [0.2, 0.25) is 0 Å². The van der Waals surface area contributed by atoms with Gasteiger partial charge in [-0.3, -0.25) is 0 Å². The second-order valence-corrected chi connectivity index (χ2v) is 39.9. The number of piperidine rings is 6. The van der Waals surface area contributed by atoms with Gasteiger partial charge < -0.3 is 57.8 Å². The van der Waals surface area contributed by atoms with Gasteiger partial charge in [-0.15, -0.1) is 0 Å². The van der Waals surface area contributed by atoms with Crippen molar-refractivity contribution in [1.82, 2.24) is 29.4 Å². The summed E-state index contributed by atoms with van der Waals surface area (Å²) in [5.74, 6) is 5.99. The number of ether oxygens (including phenoxy) is 6. The van der Waals surface area contributed by atoms with Gasteiger partial charge in [-0.2, -0.15) is 0 Å². The predicted octanol–water partition coefficient (Wildman–Crippen LogP) is 20.3. The first-order valence-corrected chi connectivity index (χ1v) is 46.9. The molecular formula is C108H150N6O6. The van der Waals surface area contributed by atoms with Gasteiger partial charge >= 0.3 is 0 Å². The Hall–Kier alpha value is -6.12. The summed E-state index contributed by atoms with van der Waals surface area (Å²) in [6, 6.07) is 24.6. The molecule has 648 valence electrons. The SMILES string of the molecule is [2H]C1([2H])c2ccc(OC)cc2[C@]23CCCCC2[C@H]1N(C([2H])([2H])[2H])CC3.[2H]C1([2H])c2ccc(OC)cc2[C@]23CCCCC2[C@H]1N(C([2H])([2H])[2H])CC3.[2H]C1([2H])c2ccc(OC)cc2[C@]23CCCCC2[C@H]1N(C)CC3.[2H]C1([2H])c2ccc(OC)cc2[C@]23CCCCC2[C@H]1N(C)CC3.[2H]c1c([2H])c(OC)c([2H])c2c1C[C@H]1C3CCCC[C@@]23CCN1C.[2H]c1c([2H])c(OC)c([2H])c2c1C[C@H]1C3CCCC[C@@]23CCN1C. The zero-order valence-corrected chi connectivity index (χ0v) is 73.9. The maximum atomic E-state index is 8.88. The van der Waals surface area contributed by atoms with E-state index < -0.39 is 51.5 Å². The first kappa shape index (κ1) is 62.9. The molecule has 6 aromatic carbocycles. The van der Waals surface area contributed by atoms with Gasteiger partial charge in [-0.1, -0.05) is 113 Å². The molecule has 24 rings (SSSR count). The van der Waals surface area contributed by atoms with E-state index in [0.29, 0.717) is 83.6 Å². The van der Waals surface area contributed by atoms with Crippen molar-refractivity contribution in [3.05, 3.63) is 176 Å². The van der Waals surface area contributed by atoms with Crippen LogP contribution in [-0.2, 0) is 70.8 Å². The maximum Gasteiger partial charge on any atom is 0.119 e. The van der Waals surface area contributed by atoms with E-state index in [1.54, 1.807) is 40.6 Å². The summed E-state index contributed by atoms with van der Waals surface area (Å²) >= 11 is 0. The van der Waals surface area contributed by atoms with Gasteiger partial charge in [0.05, 0.1) is 50.9 Å². The fraction of sp³-hybridized carbons (Fsp3) is 0.667. The standard InChI is InChI=1S/6C18H25NO/c6*1-19-10-9-18-8-4-3-5-15(18)17(19)11-13-6-7-14(20-2)12-16(13)18/h6*6-7,12,15,17H,3-5,8-11H2,1-2H3/t6*15?,17-,18-/m000000/s1/i2*6D,7D,12D;2*1D3,11D2;2*11D2. The third-order valence-corrected chi connectivity index (χ3v) is 35.3. The van der Waals surface area contributed by atoms with Crippen LogP contribution in [0.1, 0.15) is 287 Å². The Bertz CT molecular complexity index is 5310. The van der Waals surface area contributed by atoms with E-state index in [0.717, 1.165) is 222 Å². The molecule has 6 heterocycles. The normalized spacial score (nSPS) is 40.4. The van der Waals surface area contributed by atoms with E-state index in [4.69, 9.17) is 55.8 Å². The van der Waals surface area contributed by atoms with Crippen LogP contribution in [0.4, 0.5) is 0 Å². The van der Waals surface area contributed by atoms with Gasteiger partial charge in [0.25, 0.3) is 0 Å². The molecule has 12 fully saturated rings. The van der Waals surface area contributed by atoms with Crippen molar-refractivity contribution >= 4 is 0 Å². The van der Waals surface area contributed by atoms with Gasteiger partial charge in [0.1, 0.15) is 34.5 Å². The monoisotopic (exact) mass is 1650 g/mol. The Morgan fingerprint density at radius 2 is 0.508 bits per heavy atom. The van der Waals surface area contributed by atoms with Gasteiger partial charge in [0.2, 0.25) is 0 Å². The molecular weight excluding hydrogens is 1480 g/mol. The maximum absolute atomic E-state index is 8.88. The molecule has 18 atom stereocenters.